The first-order valence-electron chi connectivity index (χ1n) is 10.6. The van der Waals surface area contributed by atoms with Crippen molar-refractivity contribution in [2.45, 2.75) is 39.2 Å². The summed E-state index contributed by atoms with van der Waals surface area (Å²) in [6, 6.07) is 13.2. The summed E-state index contributed by atoms with van der Waals surface area (Å²) in [4.78, 5) is 26.0. The number of ether oxygens (including phenoxy) is 1. The van der Waals surface area contributed by atoms with Crippen LogP contribution in [0.1, 0.15) is 38.2 Å². The van der Waals surface area contributed by atoms with Crippen LogP contribution in [0.2, 0.25) is 5.02 Å². The van der Waals surface area contributed by atoms with Gasteiger partial charge >= 0.3 is 0 Å². The van der Waals surface area contributed by atoms with Crippen molar-refractivity contribution in [2.75, 3.05) is 30.8 Å². The first kappa shape index (κ1) is 23.1. The lowest BCUT2D eigenvalue weighted by molar-refractivity contribution is -0.116. The number of anilines is 2. The third-order valence-corrected chi connectivity index (χ3v) is 5.79. The summed E-state index contributed by atoms with van der Waals surface area (Å²) in [5.41, 5.74) is 2.73. The molecule has 1 heterocycles. The summed E-state index contributed by atoms with van der Waals surface area (Å²) in [6.07, 6.45) is 3.66. The van der Waals surface area contributed by atoms with Crippen molar-refractivity contribution in [3.05, 3.63) is 53.1 Å². The van der Waals surface area contributed by atoms with Crippen LogP contribution in [-0.2, 0) is 16.1 Å². The number of amides is 2. The topological polar surface area (TPSA) is 70.7 Å². The maximum Gasteiger partial charge on any atom is 0.224 e. The Morgan fingerprint density at radius 1 is 1.13 bits per heavy atom. The average Bonchev–Trinajstić information content (AvgIpc) is 2.74. The number of benzene rings is 2. The van der Waals surface area contributed by atoms with Crippen LogP contribution in [0, 0.1) is 5.92 Å². The molecule has 0 aromatic heterocycles. The van der Waals surface area contributed by atoms with Crippen LogP contribution in [0.5, 0.6) is 5.75 Å². The molecule has 166 valence electrons. The number of carbonyl (C=O) groups excluding carboxylic acids is 2. The molecule has 1 fully saturated rings. The van der Waals surface area contributed by atoms with E-state index in [0.29, 0.717) is 28.8 Å². The van der Waals surface area contributed by atoms with Crippen molar-refractivity contribution in [3.63, 3.8) is 0 Å². The molecule has 1 saturated heterocycles. The molecule has 2 N–H and O–H groups in total. The van der Waals surface area contributed by atoms with Crippen molar-refractivity contribution < 1.29 is 14.3 Å². The number of piperidine rings is 1. The van der Waals surface area contributed by atoms with E-state index in [2.05, 4.69) is 27.7 Å². The number of nitrogens with zero attached hydrogens (tertiary/aromatic N) is 1. The van der Waals surface area contributed by atoms with Crippen molar-refractivity contribution in [1.82, 2.24) is 4.90 Å². The summed E-state index contributed by atoms with van der Waals surface area (Å²) in [7, 11) is 1.56. The van der Waals surface area contributed by atoms with Crippen molar-refractivity contribution in [3.8, 4) is 5.75 Å². The molecule has 0 spiro atoms. The molecule has 1 aliphatic heterocycles. The van der Waals surface area contributed by atoms with Crippen LogP contribution in [0.15, 0.2) is 42.5 Å². The molecule has 2 amide bonds. The van der Waals surface area contributed by atoms with Crippen molar-refractivity contribution >= 4 is 34.8 Å². The molecule has 1 atom stereocenters. The summed E-state index contributed by atoms with van der Waals surface area (Å²) in [6.45, 7) is 4.46. The second-order valence-corrected chi connectivity index (χ2v) is 8.46. The highest BCUT2D eigenvalue weighted by atomic mass is 35.5. The lowest BCUT2D eigenvalue weighted by Crippen LogP contribution is -2.35. The van der Waals surface area contributed by atoms with E-state index in [-0.39, 0.29) is 11.8 Å². The summed E-state index contributed by atoms with van der Waals surface area (Å²) in [5, 5.41) is 6.19. The minimum absolute atomic E-state index is 0.00640. The molecule has 2 aromatic rings. The molecular formula is C24H30ClN3O3. The van der Waals surface area contributed by atoms with E-state index >= 15 is 0 Å². The van der Waals surface area contributed by atoms with E-state index in [1.165, 1.54) is 12.5 Å². The maximum absolute atomic E-state index is 12.4. The quantitative estimate of drug-likeness (QED) is 0.606. The molecule has 7 heteroatoms. The molecular weight excluding hydrogens is 414 g/mol. The second kappa shape index (κ2) is 11.2. The number of nitrogens with one attached hydrogen (secondary N) is 2. The van der Waals surface area contributed by atoms with Crippen molar-refractivity contribution in [1.29, 1.82) is 0 Å². The van der Waals surface area contributed by atoms with Gasteiger partial charge in [-0.15, -0.1) is 0 Å². The van der Waals surface area contributed by atoms with Gasteiger partial charge in [0.15, 0.2) is 0 Å². The Labute approximate surface area is 188 Å². The molecule has 0 aliphatic carbocycles. The number of halogens is 1. The summed E-state index contributed by atoms with van der Waals surface area (Å²) in [5.74, 6) is 1.04. The molecule has 6 nitrogen and oxygen atoms in total. The largest absolute Gasteiger partial charge is 0.495 e. The molecule has 0 radical (unpaired) electrons. The normalized spacial score (nSPS) is 16.5. The fraction of sp³-hybridized carbons (Fsp3) is 0.417. The number of likely N-dealkylation sites (tertiary alicyclic amines) is 1. The van der Waals surface area contributed by atoms with E-state index in [1.54, 1.807) is 25.3 Å². The van der Waals surface area contributed by atoms with Gasteiger partial charge in [-0.1, -0.05) is 23.7 Å². The minimum Gasteiger partial charge on any atom is -0.495 e. The number of methoxy groups -OCH3 is 1. The Morgan fingerprint density at radius 2 is 1.87 bits per heavy atom. The standard InChI is InChI=1S/C24H30ClN3O3/c1-17(29)26-20-8-5-19(6-9-20)16-28-13-3-4-18(15-28)7-12-24(30)27-21-10-11-23(31-2)22(25)14-21/h5-6,8-11,14,18H,3-4,7,12-13,15-16H2,1-2H3,(H,26,29)(H,27,30)/t18-/m0/s1. The predicted octanol–water partition coefficient (Wildman–Crippen LogP) is 4.94. The van der Waals surface area contributed by atoms with Gasteiger partial charge in [-0.25, -0.2) is 0 Å². The van der Waals surface area contributed by atoms with Crippen LogP contribution in [-0.4, -0.2) is 36.9 Å². The smallest absolute Gasteiger partial charge is 0.224 e. The van der Waals surface area contributed by atoms with E-state index in [4.69, 9.17) is 16.3 Å². The first-order chi connectivity index (χ1) is 14.9. The number of carbonyl (C=O) groups is 2. The Morgan fingerprint density at radius 3 is 2.55 bits per heavy atom. The van der Waals surface area contributed by atoms with Crippen LogP contribution >= 0.6 is 11.6 Å². The van der Waals surface area contributed by atoms with E-state index in [9.17, 15) is 9.59 Å². The Bertz CT molecular complexity index is 901. The molecule has 2 aromatic carbocycles. The highest BCUT2D eigenvalue weighted by Gasteiger charge is 2.21. The SMILES string of the molecule is COc1ccc(NC(=O)CC[C@@H]2CCCN(Cc3ccc(NC(C)=O)cc3)C2)cc1Cl. The Balaban J connectivity index is 1.44. The average molecular weight is 444 g/mol. The van der Waals surface area contributed by atoms with Crippen LogP contribution in [0.4, 0.5) is 11.4 Å². The molecule has 0 bridgehead atoms. The zero-order valence-electron chi connectivity index (χ0n) is 18.1. The van der Waals surface area contributed by atoms with Gasteiger partial charge in [-0.05, 0) is 67.6 Å². The molecule has 0 unspecified atom stereocenters. The fourth-order valence-corrected chi connectivity index (χ4v) is 4.25. The van der Waals surface area contributed by atoms with Gasteiger partial charge in [0.05, 0.1) is 12.1 Å². The third kappa shape index (κ3) is 7.26. The highest BCUT2D eigenvalue weighted by molar-refractivity contribution is 6.32. The van der Waals surface area contributed by atoms with Gasteiger partial charge in [0.25, 0.3) is 0 Å². The van der Waals surface area contributed by atoms with Crippen molar-refractivity contribution in [2.24, 2.45) is 5.92 Å². The monoisotopic (exact) mass is 443 g/mol. The van der Waals surface area contributed by atoms with E-state index < -0.39 is 0 Å². The molecule has 3 rings (SSSR count). The zero-order chi connectivity index (χ0) is 22.2. The first-order valence-corrected chi connectivity index (χ1v) is 11.0. The number of hydrogen-bond donors (Lipinski definition) is 2. The minimum atomic E-state index is -0.0641. The van der Waals surface area contributed by atoms with E-state index in [1.807, 2.05) is 12.1 Å². The zero-order valence-corrected chi connectivity index (χ0v) is 18.9. The van der Waals surface area contributed by atoms with Gasteiger partial charge in [0, 0.05) is 37.8 Å². The summed E-state index contributed by atoms with van der Waals surface area (Å²) >= 11 is 6.12. The van der Waals surface area contributed by atoms with Gasteiger partial charge in [-0.3, -0.25) is 14.5 Å². The maximum atomic E-state index is 12.4. The van der Waals surface area contributed by atoms with Gasteiger partial charge in [0.1, 0.15) is 5.75 Å². The van der Waals surface area contributed by atoms with Crippen LogP contribution < -0.4 is 15.4 Å². The van der Waals surface area contributed by atoms with E-state index in [0.717, 1.165) is 44.6 Å². The highest BCUT2D eigenvalue weighted by Crippen LogP contribution is 2.28. The molecule has 31 heavy (non-hydrogen) atoms. The third-order valence-electron chi connectivity index (χ3n) is 5.50. The van der Waals surface area contributed by atoms with Crippen LogP contribution in [0.3, 0.4) is 0 Å². The number of hydrogen-bond acceptors (Lipinski definition) is 4. The summed E-state index contributed by atoms with van der Waals surface area (Å²) < 4.78 is 5.14. The number of rotatable bonds is 8. The Hall–Kier alpha value is -2.57. The second-order valence-electron chi connectivity index (χ2n) is 8.06. The fourth-order valence-electron chi connectivity index (χ4n) is 3.99. The van der Waals surface area contributed by atoms with Gasteiger partial charge < -0.3 is 15.4 Å². The predicted molar refractivity (Wildman–Crippen MR) is 125 cm³/mol. The van der Waals surface area contributed by atoms with Crippen LogP contribution in [0.25, 0.3) is 0 Å². The lowest BCUT2D eigenvalue weighted by Gasteiger charge is -2.32. The molecule has 1 aliphatic rings. The van der Waals surface area contributed by atoms with Gasteiger partial charge in [-0.2, -0.15) is 0 Å². The lowest BCUT2D eigenvalue weighted by atomic mass is 9.93. The van der Waals surface area contributed by atoms with Gasteiger partial charge in [0.2, 0.25) is 11.8 Å². The molecule has 0 saturated carbocycles. The Kier molecular flexibility index (Phi) is 8.32.